The van der Waals surface area contributed by atoms with Crippen LogP contribution in [-0.4, -0.2) is 24.0 Å². The number of likely N-dealkylation sites (N-methyl/N-ethyl adjacent to an activating group) is 1. The van der Waals surface area contributed by atoms with Gasteiger partial charge in [-0.3, -0.25) is 9.59 Å². The van der Waals surface area contributed by atoms with Crippen molar-refractivity contribution in [3.8, 4) is 5.75 Å². The fraction of sp³-hybridized carbons (Fsp3) is 0.273. The zero-order valence-electron chi connectivity index (χ0n) is 16.1. The van der Waals surface area contributed by atoms with Crippen molar-refractivity contribution in [3.63, 3.8) is 0 Å². The van der Waals surface area contributed by atoms with Gasteiger partial charge in [-0.05, 0) is 44.5 Å². The largest absolute Gasteiger partial charge is 0.508 e. The van der Waals surface area contributed by atoms with E-state index in [9.17, 15) is 14.7 Å². The predicted octanol–water partition coefficient (Wildman–Crippen LogP) is 4.22. The standard InChI is InChI=1S/C22H25NO4/c1-6-19(25)23(5)17-12-16(13-18(24)14-17)20(15-10-8-7-9-11-15)27-21(26)22(2,3)4/h6-14,20,24H,1H2,2-5H3. The number of rotatable bonds is 5. The topological polar surface area (TPSA) is 66.8 Å². The molecule has 5 nitrogen and oxygen atoms in total. The van der Waals surface area contributed by atoms with Crippen LogP contribution < -0.4 is 4.90 Å². The highest BCUT2D eigenvalue weighted by atomic mass is 16.5. The van der Waals surface area contributed by atoms with Gasteiger partial charge in [-0.25, -0.2) is 0 Å². The summed E-state index contributed by atoms with van der Waals surface area (Å²) in [4.78, 5) is 25.8. The van der Waals surface area contributed by atoms with E-state index in [0.717, 1.165) is 5.56 Å². The number of anilines is 1. The van der Waals surface area contributed by atoms with Crippen molar-refractivity contribution < 1.29 is 19.4 Å². The third kappa shape index (κ3) is 4.97. The molecule has 0 heterocycles. The zero-order valence-corrected chi connectivity index (χ0v) is 16.1. The Morgan fingerprint density at radius 1 is 1.11 bits per heavy atom. The Morgan fingerprint density at radius 2 is 1.74 bits per heavy atom. The number of nitrogens with zero attached hydrogens (tertiary/aromatic N) is 1. The Balaban J connectivity index is 2.52. The second-order valence-corrected chi connectivity index (χ2v) is 7.33. The number of carbonyl (C=O) groups excluding carboxylic acids is 2. The van der Waals surface area contributed by atoms with Gasteiger partial charge < -0.3 is 14.7 Å². The lowest BCUT2D eigenvalue weighted by molar-refractivity contribution is -0.157. The highest BCUT2D eigenvalue weighted by Crippen LogP contribution is 2.34. The minimum atomic E-state index is -0.712. The molecule has 1 amide bonds. The van der Waals surface area contributed by atoms with Gasteiger partial charge in [0, 0.05) is 24.4 Å². The van der Waals surface area contributed by atoms with E-state index in [1.807, 2.05) is 30.3 Å². The fourth-order valence-corrected chi connectivity index (χ4v) is 2.47. The number of benzene rings is 2. The van der Waals surface area contributed by atoms with Gasteiger partial charge in [0.1, 0.15) is 5.75 Å². The summed E-state index contributed by atoms with van der Waals surface area (Å²) in [7, 11) is 1.58. The molecule has 142 valence electrons. The van der Waals surface area contributed by atoms with E-state index >= 15 is 0 Å². The average Bonchev–Trinajstić information content (AvgIpc) is 2.63. The monoisotopic (exact) mass is 367 g/mol. The number of hydrogen-bond acceptors (Lipinski definition) is 4. The van der Waals surface area contributed by atoms with Crippen molar-refractivity contribution in [1.29, 1.82) is 0 Å². The zero-order chi connectivity index (χ0) is 20.2. The fourth-order valence-electron chi connectivity index (χ4n) is 2.47. The van der Waals surface area contributed by atoms with Crippen molar-refractivity contribution in [1.82, 2.24) is 0 Å². The molecule has 1 atom stereocenters. The van der Waals surface area contributed by atoms with Crippen molar-refractivity contribution in [2.75, 3.05) is 11.9 Å². The summed E-state index contributed by atoms with van der Waals surface area (Å²) < 4.78 is 5.79. The summed E-state index contributed by atoms with van der Waals surface area (Å²) in [6.45, 7) is 8.82. The van der Waals surface area contributed by atoms with Crippen molar-refractivity contribution in [2.24, 2.45) is 5.41 Å². The molecule has 0 aliphatic rings. The maximum atomic E-state index is 12.5. The van der Waals surface area contributed by atoms with Crippen LogP contribution in [0.1, 0.15) is 38.0 Å². The van der Waals surface area contributed by atoms with Crippen LogP contribution in [0.3, 0.4) is 0 Å². The lowest BCUT2D eigenvalue weighted by Gasteiger charge is -2.25. The van der Waals surface area contributed by atoms with Gasteiger partial charge in [0.15, 0.2) is 6.10 Å². The van der Waals surface area contributed by atoms with Crippen LogP contribution in [0.5, 0.6) is 5.75 Å². The number of esters is 1. The number of phenols is 1. The molecule has 2 aromatic rings. The van der Waals surface area contributed by atoms with E-state index in [1.165, 1.54) is 23.1 Å². The van der Waals surface area contributed by atoms with E-state index in [1.54, 1.807) is 33.9 Å². The highest BCUT2D eigenvalue weighted by molar-refractivity contribution is 6.00. The molecular formula is C22H25NO4. The van der Waals surface area contributed by atoms with E-state index in [2.05, 4.69) is 6.58 Å². The van der Waals surface area contributed by atoms with E-state index < -0.39 is 11.5 Å². The van der Waals surface area contributed by atoms with E-state index in [0.29, 0.717) is 11.3 Å². The summed E-state index contributed by atoms with van der Waals surface area (Å²) in [5, 5.41) is 10.2. The first kappa shape index (κ1) is 20.2. The molecule has 0 spiro atoms. The molecule has 0 aliphatic carbocycles. The Hall–Kier alpha value is -3.08. The molecule has 0 bridgehead atoms. The summed E-state index contributed by atoms with van der Waals surface area (Å²) in [5.41, 5.74) is 1.13. The molecule has 5 heteroatoms. The molecule has 2 aromatic carbocycles. The quantitative estimate of drug-likeness (QED) is 0.635. The summed E-state index contributed by atoms with van der Waals surface area (Å²) >= 11 is 0. The van der Waals surface area contributed by atoms with Crippen molar-refractivity contribution in [3.05, 3.63) is 72.3 Å². The maximum Gasteiger partial charge on any atom is 0.312 e. The maximum absolute atomic E-state index is 12.5. The average molecular weight is 367 g/mol. The second-order valence-electron chi connectivity index (χ2n) is 7.33. The number of amides is 1. The third-order valence-corrected chi connectivity index (χ3v) is 4.06. The lowest BCUT2D eigenvalue weighted by Crippen LogP contribution is -2.26. The van der Waals surface area contributed by atoms with Crippen LogP contribution >= 0.6 is 0 Å². The molecule has 0 radical (unpaired) electrons. The predicted molar refractivity (Wildman–Crippen MR) is 106 cm³/mol. The van der Waals surface area contributed by atoms with Crippen LogP contribution in [0.4, 0.5) is 5.69 Å². The number of ether oxygens (including phenoxy) is 1. The van der Waals surface area contributed by atoms with Gasteiger partial charge in [-0.15, -0.1) is 0 Å². The Morgan fingerprint density at radius 3 is 2.30 bits per heavy atom. The molecule has 1 N–H and O–H groups in total. The second kappa shape index (κ2) is 8.08. The molecule has 0 saturated carbocycles. The SMILES string of the molecule is C=CC(=O)N(C)c1cc(O)cc(C(OC(=O)C(C)(C)C)c2ccccc2)c1. The smallest absolute Gasteiger partial charge is 0.312 e. The lowest BCUT2D eigenvalue weighted by atomic mass is 9.96. The van der Waals surface area contributed by atoms with Crippen LogP contribution in [0.2, 0.25) is 0 Å². The molecule has 0 fully saturated rings. The molecule has 0 aromatic heterocycles. The van der Waals surface area contributed by atoms with Gasteiger partial charge in [-0.1, -0.05) is 36.9 Å². The van der Waals surface area contributed by atoms with E-state index in [-0.39, 0.29) is 17.6 Å². The molecule has 0 saturated heterocycles. The molecule has 1 unspecified atom stereocenters. The summed E-state index contributed by atoms with van der Waals surface area (Å²) in [6.07, 6.45) is 0.480. The first-order valence-corrected chi connectivity index (χ1v) is 8.63. The minimum Gasteiger partial charge on any atom is -0.508 e. The Bertz CT molecular complexity index is 837. The van der Waals surface area contributed by atoms with E-state index in [4.69, 9.17) is 4.74 Å². The van der Waals surface area contributed by atoms with Gasteiger partial charge >= 0.3 is 5.97 Å². The number of carbonyl (C=O) groups is 2. The Kier molecular flexibility index (Phi) is 6.05. The number of aromatic hydroxyl groups is 1. The number of hydrogen-bond donors (Lipinski definition) is 1. The van der Waals surface area contributed by atoms with Crippen molar-refractivity contribution >= 4 is 17.6 Å². The normalized spacial score (nSPS) is 12.1. The Labute approximate surface area is 159 Å². The van der Waals surface area contributed by atoms with Crippen molar-refractivity contribution in [2.45, 2.75) is 26.9 Å². The molecule has 0 aliphatic heterocycles. The molecule has 2 rings (SSSR count). The molecule has 27 heavy (non-hydrogen) atoms. The molecular weight excluding hydrogens is 342 g/mol. The highest BCUT2D eigenvalue weighted by Gasteiger charge is 2.28. The van der Waals surface area contributed by atoms with Crippen LogP contribution in [0.25, 0.3) is 0 Å². The van der Waals surface area contributed by atoms with Gasteiger partial charge in [0.05, 0.1) is 5.41 Å². The van der Waals surface area contributed by atoms with Crippen LogP contribution in [0, 0.1) is 5.41 Å². The summed E-state index contributed by atoms with van der Waals surface area (Å²) in [6, 6.07) is 14.0. The van der Waals surface area contributed by atoms with Crippen LogP contribution in [0.15, 0.2) is 61.2 Å². The summed E-state index contributed by atoms with van der Waals surface area (Å²) in [5.74, 6) is -0.704. The first-order valence-electron chi connectivity index (χ1n) is 8.63. The van der Waals surface area contributed by atoms with Gasteiger partial charge in [0.2, 0.25) is 5.91 Å². The van der Waals surface area contributed by atoms with Gasteiger partial charge in [-0.2, -0.15) is 0 Å². The number of phenolic OH excluding ortho intramolecular Hbond substituents is 1. The minimum absolute atomic E-state index is 0.0287. The third-order valence-electron chi connectivity index (χ3n) is 4.06. The van der Waals surface area contributed by atoms with Crippen LogP contribution in [-0.2, 0) is 14.3 Å². The first-order chi connectivity index (χ1) is 12.6. The van der Waals surface area contributed by atoms with Gasteiger partial charge in [0.25, 0.3) is 0 Å².